The van der Waals surface area contributed by atoms with Crippen molar-refractivity contribution in [1.82, 2.24) is 0 Å². The molecule has 3 nitrogen and oxygen atoms in total. The molecule has 2 N–H and O–H groups in total. The number of benzene rings is 2. The Morgan fingerprint density at radius 2 is 1.89 bits per heavy atom. The van der Waals surface area contributed by atoms with Gasteiger partial charge < -0.3 is 10.5 Å². The molecule has 0 aliphatic heterocycles. The topological polar surface area (TPSA) is 52.3 Å². The van der Waals surface area contributed by atoms with E-state index in [1.807, 2.05) is 37.3 Å². The van der Waals surface area contributed by atoms with Gasteiger partial charge in [-0.3, -0.25) is 0 Å². The lowest BCUT2D eigenvalue weighted by molar-refractivity contribution is 0.0338. The summed E-state index contributed by atoms with van der Waals surface area (Å²) < 4.78 is 5.38. The molecule has 0 spiro atoms. The molecule has 2 rings (SSSR count). The summed E-state index contributed by atoms with van der Waals surface area (Å²) in [5.74, 6) is -0.478. The zero-order chi connectivity index (χ0) is 13.8. The quantitative estimate of drug-likeness (QED) is 0.684. The Morgan fingerprint density at radius 3 is 2.58 bits per heavy atom. The lowest BCUT2D eigenvalue weighted by Crippen LogP contribution is -2.10. The number of halogens is 1. The van der Waals surface area contributed by atoms with Crippen LogP contribution in [0.1, 0.15) is 28.9 Å². The highest BCUT2D eigenvalue weighted by molar-refractivity contribution is 6.33. The minimum Gasteiger partial charge on any atom is -0.454 e. The molecule has 0 heterocycles. The van der Waals surface area contributed by atoms with Gasteiger partial charge in [0.2, 0.25) is 0 Å². The molecule has 0 fully saturated rings. The Balaban J connectivity index is 2.15. The molecule has 0 amide bonds. The van der Waals surface area contributed by atoms with E-state index in [2.05, 4.69) is 0 Å². The predicted octanol–water partition coefficient (Wildman–Crippen LogP) is 3.84. The monoisotopic (exact) mass is 275 g/mol. The molecule has 4 heteroatoms. The van der Waals surface area contributed by atoms with Gasteiger partial charge in [0.1, 0.15) is 6.10 Å². The minimum atomic E-state index is -0.478. The average Bonchev–Trinajstić information content (AvgIpc) is 2.42. The second kappa shape index (κ2) is 5.76. The van der Waals surface area contributed by atoms with Gasteiger partial charge in [-0.25, -0.2) is 4.79 Å². The Hall–Kier alpha value is -2.00. The molecule has 2 aromatic rings. The van der Waals surface area contributed by atoms with Gasteiger partial charge in [-0.1, -0.05) is 41.9 Å². The van der Waals surface area contributed by atoms with Crippen LogP contribution in [0.4, 0.5) is 5.69 Å². The SMILES string of the molecule is CC(OC(=O)c1cc(N)ccc1Cl)c1ccccc1. The molecule has 2 aromatic carbocycles. The third-order valence-corrected chi connectivity index (χ3v) is 3.09. The van der Waals surface area contributed by atoms with E-state index in [1.165, 1.54) is 6.07 Å². The van der Waals surface area contributed by atoms with Crippen LogP contribution in [0.15, 0.2) is 48.5 Å². The number of ether oxygens (including phenoxy) is 1. The van der Waals surface area contributed by atoms with Gasteiger partial charge in [-0.2, -0.15) is 0 Å². The summed E-state index contributed by atoms with van der Waals surface area (Å²) in [4.78, 5) is 12.0. The molecular formula is C15H14ClNO2. The third-order valence-electron chi connectivity index (χ3n) is 2.76. The van der Waals surface area contributed by atoms with Gasteiger partial charge in [0, 0.05) is 5.69 Å². The summed E-state index contributed by atoms with van der Waals surface area (Å²) in [6, 6.07) is 14.2. The van der Waals surface area contributed by atoms with Crippen LogP contribution in [-0.2, 0) is 4.74 Å². The number of carbonyl (C=O) groups is 1. The number of esters is 1. The molecule has 1 atom stereocenters. The third kappa shape index (κ3) is 3.26. The molecule has 0 saturated carbocycles. The molecular weight excluding hydrogens is 262 g/mol. The van der Waals surface area contributed by atoms with Crippen LogP contribution < -0.4 is 5.73 Å². The molecule has 19 heavy (non-hydrogen) atoms. The lowest BCUT2D eigenvalue weighted by Gasteiger charge is -2.14. The smallest absolute Gasteiger partial charge is 0.340 e. The Kier molecular flexibility index (Phi) is 4.07. The van der Waals surface area contributed by atoms with Crippen molar-refractivity contribution in [2.24, 2.45) is 0 Å². The van der Waals surface area contributed by atoms with E-state index in [1.54, 1.807) is 12.1 Å². The van der Waals surface area contributed by atoms with E-state index in [4.69, 9.17) is 22.1 Å². The van der Waals surface area contributed by atoms with Crippen molar-refractivity contribution < 1.29 is 9.53 Å². The zero-order valence-electron chi connectivity index (χ0n) is 10.5. The van der Waals surface area contributed by atoms with E-state index < -0.39 is 5.97 Å². The predicted molar refractivity (Wildman–Crippen MR) is 76.1 cm³/mol. The fourth-order valence-corrected chi connectivity index (χ4v) is 1.91. The number of carbonyl (C=O) groups excluding carboxylic acids is 1. The number of hydrogen-bond donors (Lipinski definition) is 1. The Labute approximate surface area is 117 Å². The van der Waals surface area contributed by atoms with Gasteiger partial charge in [-0.05, 0) is 30.7 Å². The fourth-order valence-electron chi connectivity index (χ4n) is 1.72. The lowest BCUT2D eigenvalue weighted by atomic mass is 10.1. The van der Waals surface area contributed by atoms with Crippen LogP contribution in [-0.4, -0.2) is 5.97 Å². The van der Waals surface area contributed by atoms with Crippen molar-refractivity contribution >= 4 is 23.3 Å². The van der Waals surface area contributed by atoms with Crippen LogP contribution in [0, 0.1) is 0 Å². The second-order valence-corrected chi connectivity index (χ2v) is 4.60. The normalized spacial score (nSPS) is 11.9. The van der Waals surface area contributed by atoms with Gasteiger partial charge in [0.15, 0.2) is 0 Å². The Bertz CT molecular complexity index is 584. The number of nitrogen functional groups attached to an aromatic ring is 1. The van der Waals surface area contributed by atoms with E-state index in [0.717, 1.165) is 5.56 Å². The van der Waals surface area contributed by atoms with Crippen LogP contribution >= 0.6 is 11.6 Å². The highest BCUT2D eigenvalue weighted by atomic mass is 35.5. The summed E-state index contributed by atoms with van der Waals surface area (Å²) in [6.07, 6.45) is -0.341. The van der Waals surface area contributed by atoms with Crippen molar-refractivity contribution in [1.29, 1.82) is 0 Å². The summed E-state index contributed by atoms with van der Waals surface area (Å²) in [5.41, 5.74) is 7.33. The number of hydrogen-bond acceptors (Lipinski definition) is 3. The summed E-state index contributed by atoms with van der Waals surface area (Å²) >= 11 is 5.96. The van der Waals surface area contributed by atoms with E-state index in [-0.39, 0.29) is 11.7 Å². The first kappa shape index (κ1) is 13.4. The minimum absolute atomic E-state index is 0.282. The molecule has 0 aliphatic rings. The molecule has 98 valence electrons. The first-order valence-corrected chi connectivity index (χ1v) is 6.26. The van der Waals surface area contributed by atoms with Crippen LogP contribution in [0.2, 0.25) is 5.02 Å². The first-order chi connectivity index (χ1) is 9.08. The van der Waals surface area contributed by atoms with Gasteiger partial charge >= 0.3 is 5.97 Å². The molecule has 0 aliphatic carbocycles. The molecule has 1 unspecified atom stereocenters. The average molecular weight is 276 g/mol. The van der Waals surface area contributed by atoms with Crippen molar-refractivity contribution in [3.05, 3.63) is 64.7 Å². The van der Waals surface area contributed by atoms with E-state index in [0.29, 0.717) is 10.7 Å². The molecule has 0 radical (unpaired) electrons. The van der Waals surface area contributed by atoms with Crippen molar-refractivity contribution in [3.8, 4) is 0 Å². The maximum absolute atomic E-state index is 12.0. The van der Waals surface area contributed by atoms with Crippen molar-refractivity contribution in [2.75, 3.05) is 5.73 Å². The van der Waals surface area contributed by atoms with Gasteiger partial charge in [0.25, 0.3) is 0 Å². The van der Waals surface area contributed by atoms with Crippen LogP contribution in [0.25, 0.3) is 0 Å². The molecule has 0 aromatic heterocycles. The van der Waals surface area contributed by atoms with Crippen molar-refractivity contribution in [3.63, 3.8) is 0 Å². The standard InChI is InChI=1S/C15H14ClNO2/c1-10(11-5-3-2-4-6-11)19-15(18)13-9-12(17)7-8-14(13)16/h2-10H,17H2,1H3. The Morgan fingerprint density at radius 1 is 1.21 bits per heavy atom. The number of anilines is 1. The van der Waals surface area contributed by atoms with E-state index in [9.17, 15) is 4.79 Å². The largest absolute Gasteiger partial charge is 0.454 e. The zero-order valence-corrected chi connectivity index (χ0v) is 11.2. The molecule has 0 bridgehead atoms. The van der Waals surface area contributed by atoms with E-state index >= 15 is 0 Å². The van der Waals surface area contributed by atoms with Gasteiger partial charge in [-0.15, -0.1) is 0 Å². The second-order valence-electron chi connectivity index (χ2n) is 4.20. The van der Waals surface area contributed by atoms with Gasteiger partial charge in [0.05, 0.1) is 10.6 Å². The summed E-state index contributed by atoms with van der Waals surface area (Å²) in [6.45, 7) is 1.81. The number of nitrogens with two attached hydrogens (primary N) is 1. The van der Waals surface area contributed by atoms with Crippen molar-refractivity contribution in [2.45, 2.75) is 13.0 Å². The highest BCUT2D eigenvalue weighted by Crippen LogP contribution is 2.23. The summed E-state index contributed by atoms with van der Waals surface area (Å²) in [7, 11) is 0. The van der Waals surface area contributed by atoms with Crippen LogP contribution in [0.3, 0.4) is 0 Å². The first-order valence-electron chi connectivity index (χ1n) is 5.89. The highest BCUT2D eigenvalue weighted by Gasteiger charge is 2.16. The molecule has 0 saturated heterocycles. The fraction of sp³-hybridized carbons (Fsp3) is 0.133. The van der Waals surface area contributed by atoms with Crippen LogP contribution in [0.5, 0.6) is 0 Å². The maximum Gasteiger partial charge on any atom is 0.340 e. The summed E-state index contributed by atoms with van der Waals surface area (Å²) in [5, 5.41) is 0.333. The number of rotatable bonds is 3. The maximum atomic E-state index is 12.0.